The highest BCUT2D eigenvalue weighted by atomic mass is 16.5. The van der Waals surface area contributed by atoms with Crippen molar-refractivity contribution in [2.24, 2.45) is 10.9 Å². The average molecular weight is 243 g/mol. The first-order valence-electron chi connectivity index (χ1n) is 5.86. The van der Waals surface area contributed by atoms with Crippen LogP contribution in [0.5, 0.6) is 0 Å². The molecule has 1 heterocycles. The molecule has 0 aromatic rings. The molecular weight excluding hydrogens is 222 g/mol. The van der Waals surface area contributed by atoms with Crippen LogP contribution in [-0.2, 0) is 9.53 Å². The summed E-state index contributed by atoms with van der Waals surface area (Å²) >= 11 is 0. The number of oxime groups is 1. The standard InChI is InChI=1S/C11H21N3O3/c1-11(2,10(12)14-16)13-9(15)6-5-8-4-3-7-17-8/h8,16H,3-7H2,1-2H3,(H2,12,14)(H,13,15). The van der Waals surface area contributed by atoms with Gasteiger partial charge in [-0.25, -0.2) is 0 Å². The van der Waals surface area contributed by atoms with E-state index in [0.29, 0.717) is 6.42 Å². The number of nitrogens with two attached hydrogens (primary N) is 1. The van der Waals surface area contributed by atoms with Gasteiger partial charge in [-0.2, -0.15) is 0 Å². The van der Waals surface area contributed by atoms with Crippen molar-refractivity contribution in [2.75, 3.05) is 6.61 Å². The van der Waals surface area contributed by atoms with E-state index in [2.05, 4.69) is 10.5 Å². The van der Waals surface area contributed by atoms with E-state index in [-0.39, 0.29) is 17.8 Å². The minimum Gasteiger partial charge on any atom is -0.409 e. The molecule has 1 aliphatic rings. The second-order valence-corrected chi connectivity index (χ2v) is 4.83. The molecule has 1 amide bonds. The molecule has 0 saturated carbocycles. The number of hydrogen-bond acceptors (Lipinski definition) is 4. The third-order valence-electron chi connectivity index (χ3n) is 2.92. The van der Waals surface area contributed by atoms with Gasteiger partial charge in [0.15, 0.2) is 5.84 Å². The predicted molar refractivity (Wildman–Crippen MR) is 63.8 cm³/mol. The zero-order chi connectivity index (χ0) is 12.9. The Hall–Kier alpha value is -1.30. The van der Waals surface area contributed by atoms with E-state index in [0.717, 1.165) is 25.9 Å². The van der Waals surface area contributed by atoms with Crippen LogP contribution in [0.4, 0.5) is 0 Å². The molecule has 1 saturated heterocycles. The lowest BCUT2D eigenvalue weighted by atomic mass is 10.0. The van der Waals surface area contributed by atoms with Gasteiger partial charge in [-0.3, -0.25) is 4.79 Å². The molecule has 17 heavy (non-hydrogen) atoms. The molecule has 1 unspecified atom stereocenters. The van der Waals surface area contributed by atoms with Crippen LogP contribution in [0.15, 0.2) is 5.16 Å². The summed E-state index contributed by atoms with van der Waals surface area (Å²) in [7, 11) is 0. The fourth-order valence-corrected chi connectivity index (χ4v) is 1.76. The molecule has 0 aliphatic carbocycles. The lowest BCUT2D eigenvalue weighted by Gasteiger charge is -2.24. The highest BCUT2D eigenvalue weighted by Gasteiger charge is 2.26. The van der Waals surface area contributed by atoms with Crippen molar-refractivity contribution in [3.8, 4) is 0 Å². The maximum absolute atomic E-state index is 11.7. The van der Waals surface area contributed by atoms with Crippen LogP contribution in [-0.4, -0.2) is 35.2 Å². The summed E-state index contributed by atoms with van der Waals surface area (Å²) < 4.78 is 5.43. The molecule has 0 radical (unpaired) electrons. The molecule has 98 valence electrons. The second-order valence-electron chi connectivity index (χ2n) is 4.83. The maximum atomic E-state index is 11.7. The fraction of sp³-hybridized carbons (Fsp3) is 0.818. The van der Waals surface area contributed by atoms with Crippen molar-refractivity contribution in [3.05, 3.63) is 0 Å². The summed E-state index contributed by atoms with van der Waals surface area (Å²) in [5, 5.41) is 14.2. The molecule has 6 heteroatoms. The molecule has 0 aromatic heterocycles. The van der Waals surface area contributed by atoms with Gasteiger partial charge in [0.2, 0.25) is 5.91 Å². The van der Waals surface area contributed by atoms with Crippen LogP contribution in [0.3, 0.4) is 0 Å². The smallest absolute Gasteiger partial charge is 0.220 e. The molecule has 0 aromatic carbocycles. The quantitative estimate of drug-likeness (QED) is 0.285. The van der Waals surface area contributed by atoms with Gasteiger partial charge in [0.05, 0.1) is 11.6 Å². The number of carbonyl (C=O) groups is 1. The Labute approximate surface area is 101 Å². The summed E-state index contributed by atoms with van der Waals surface area (Å²) in [6.45, 7) is 4.17. The van der Waals surface area contributed by atoms with Gasteiger partial charge in [-0.05, 0) is 33.1 Å². The number of ether oxygens (including phenoxy) is 1. The largest absolute Gasteiger partial charge is 0.409 e. The van der Waals surface area contributed by atoms with E-state index >= 15 is 0 Å². The zero-order valence-electron chi connectivity index (χ0n) is 10.4. The minimum atomic E-state index is -0.831. The van der Waals surface area contributed by atoms with Crippen LogP contribution in [0.2, 0.25) is 0 Å². The van der Waals surface area contributed by atoms with Crippen molar-refractivity contribution in [3.63, 3.8) is 0 Å². The summed E-state index contributed by atoms with van der Waals surface area (Å²) in [5.41, 5.74) is 4.65. The van der Waals surface area contributed by atoms with Gasteiger partial charge < -0.3 is 21.0 Å². The van der Waals surface area contributed by atoms with Gasteiger partial charge in [0.25, 0.3) is 0 Å². The average Bonchev–Trinajstić information content (AvgIpc) is 2.77. The van der Waals surface area contributed by atoms with E-state index in [9.17, 15) is 4.79 Å². The summed E-state index contributed by atoms with van der Waals surface area (Å²) in [5.74, 6) is -0.125. The summed E-state index contributed by atoms with van der Waals surface area (Å²) in [4.78, 5) is 11.7. The molecule has 1 fully saturated rings. The molecule has 1 rings (SSSR count). The molecule has 4 N–H and O–H groups in total. The van der Waals surface area contributed by atoms with Crippen molar-refractivity contribution < 1.29 is 14.7 Å². The van der Waals surface area contributed by atoms with E-state index < -0.39 is 5.54 Å². The first-order chi connectivity index (χ1) is 7.95. The van der Waals surface area contributed by atoms with Crippen LogP contribution in [0.25, 0.3) is 0 Å². The third kappa shape index (κ3) is 4.22. The van der Waals surface area contributed by atoms with Crippen LogP contribution >= 0.6 is 0 Å². The van der Waals surface area contributed by atoms with Crippen molar-refractivity contribution >= 4 is 11.7 Å². The Morgan fingerprint density at radius 1 is 1.65 bits per heavy atom. The molecule has 6 nitrogen and oxygen atoms in total. The second kappa shape index (κ2) is 5.86. The van der Waals surface area contributed by atoms with E-state index in [4.69, 9.17) is 15.7 Å². The van der Waals surface area contributed by atoms with Gasteiger partial charge in [0, 0.05) is 13.0 Å². The lowest BCUT2D eigenvalue weighted by Crippen LogP contribution is -2.53. The highest BCUT2D eigenvalue weighted by molar-refractivity contribution is 5.93. The van der Waals surface area contributed by atoms with Crippen LogP contribution < -0.4 is 11.1 Å². The van der Waals surface area contributed by atoms with Crippen LogP contribution in [0.1, 0.15) is 39.5 Å². The van der Waals surface area contributed by atoms with Gasteiger partial charge in [-0.15, -0.1) is 0 Å². The normalized spacial score (nSPS) is 21.5. The monoisotopic (exact) mass is 243 g/mol. The van der Waals surface area contributed by atoms with E-state index in [1.54, 1.807) is 13.8 Å². The van der Waals surface area contributed by atoms with Gasteiger partial charge in [-0.1, -0.05) is 5.16 Å². The van der Waals surface area contributed by atoms with Gasteiger partial charge in [0.1, 0.15) is 0 Å². The Morgan fingerprint density at radius 3 is 2.88 bits per heavy atom. The molecule has 1 aliphatic heterocycles. The number of amides is 1. The van der Waals surface area contributed by atoms with E-state index in [1.165, 1.54) is 0 Å². The molecular formula is C11H21N3O3. The number of carbonyl (C=O) groups excluding carboxylic acids is 1. The third-order valence-corrected chi connectivity index (χ3v) is 2.92. The minimum absolute atomic E-state index is 0.0111. The topological polar surface area (TPSA) is 96.9 Å². The van der Waals surface area contributed by atoms with Gasteiger partial charge >= 0.3 is 0 Å². The van der Waals surface area contributed by atoms with Crippen LogP contribution in [0, 0.1) is 0 Å². The SMILES string of the molecule is CC(C)(NC(=O)CCC1CCCO1)C(N)=NO. The number of nitrogens with one attached hydrogen (secondary N) is 1. The maximum Gasteiger partial charge on any atom is 0.220 e. The van der Waals surface area contributed by atoms with Crippen molar-refractivity contribution in [2.45, 2.75) is 51.2 Å². The predicted octanol–water partition coefficient (Wildman–Crippen LogP) is 0.587. The molecule has 0 bridgehead atoms. The lowest BCUT2D eigenvalue weighted by molar-refractivity contribution is -0.122. The zero-order valence-corrected chi connectivity index (χ0v) is 10.4. The van der Waals surface area contributed by atoms with Crippen molar-refractivity contribution in [1.82, 2.24) is 5.32 Å². The highest BCUT2D eigenvalue weighted by Crippen LogP contribution is 2.16. The van der Waals surface area contributed by atoms with Crippen molar-refractivity contribution in [1.29, 1.82) is 0 Å². The number of nitrogens with zero attached hydrogens (tertiary/aromatic N) is 1. The molecule has 0 spiro atoms. The Balaban J connectivity index is 2.33. The first kappa shape index (κ1) is 13.8. The number of amidine groups is 1. The summed E-state index contributed by atoms with van der Waals surface area (Å²) in [6.07, 6.45) is 3.41. The fourth-order valence-electron chi connectivity index (χ4n) is 1.76. The molecule has 1 atom stereocenters. The number of rotatable bonds is 5. The van der Waals surface area contributed by atoms with E-state index in [1.807, 2.05) is 0 Å². The Kier molecular flexibility index (Phi) is 4.74. The number of hydrogen-bond donors (Lipinski definition) is 3. The summed E-state index contributed by atoms with van der Waals surface area (Å²) in [6, 6.07) is 0. The Morgan fingerprint density at radius 2 is 2.35 bits per heavy atom. The Bertz CT molecular complexity index is 296. The first-order valence-corrected chi connectivity index (χ1v) is 5.86.